The highest BCUT2D eigenvalue weighted by molar-refractivity contribution is 5.79. The molecule has 4 rings (SSSR count). The van der Waals surface area contributed by atoms with Crippen molar-refractivity contribution in [2.75, 3.05) is 13.1 Å². The lowest BCUT2D eigenvalue weighted by molar-refractivity contribution is -0.166. The summed E-state index contributed by atoms with van der Waals surface area (Å²) in [5.74, 6) is -1.00. The fourth-order valence-corrected chi connectivity index (χ4v) is 4.22. The number of carbonyl (C=O) groups excluding carboxylic acids is 1. The van der Waals surface area contributed by atoms with E-state index in [1.807, 2.05) is 0 Å². The topological polar surface area (TPSA) is 66.8 Å². The van der Waals surface area contributed by atoms with E-state index in [4.69, 9.17) is 9.84 Å². The predicted octanol–water partition coefficient (Wildman–Crippen LogP) is 3.28. The maximum absolute atomic E-state index is 12.5. The van der Waals surface area contributed by atoms with Crippen LogP contribution in [-0.4, -0.2) is 47.2 Å². The van der Waals surface area contributed by atoms with Crippen LogP contribution >= 0.6 is 0 Å². The van der Waals surface area contributed by atoms with Gasteiger partial charge in [-0.1, -0.05) is 42.5 Å². The molecule has 1 heterocycles. The van der Waals surface area contributed by atoms with Crippen molar-refractivity contribution in [3.8, 4) is 11.1 Å². The van der Waals surface area contributed by atoms with Crippen LogP contribution in [0.1, 0.15) is 36.5 Å². The normalized spacial score (nSPS) is 20.5. The monoisotopic (exact) mass is 379 g/mol. The Labute approximate surface area is 164 Å². The van der Waals surface area contributed by atoms with E-state index in [1.165, 1.54) is 27.8 Å². The van der Waals surface area contributed by atoms with E-state index in [9.17, 15) is 9.59 Å². The highest BCUT2D eigenvalue weighted by Gasteiger charge is 2.32. The molecule has 5 nitrogen and oxygen atoms in total. The molecule has 0 radical (unpaired) electrons. The summed E-state index contributed by atoms with van der Waals surface area (Å²) >= 11 is 0. The molecule has 0 saturated carbocycles. The van der Waals surface area contributed by atoms with E-state index >= 15 is 0 Å². The zero-order valence-corrected chi connectivity index (χ0v) is 16.1. The molecular formula is C23H25NO4. The van der Waals surface area contributed by atoms with E-state index in [2.05, 4.69) is 42.5 Å². The second-order valence-corrected chi connectivity index (χ2v) is 7.75. The van der Waals surface area contributed by atoms with Gasteiger partial charge in [-0.15, -0.1) is 0 Å². The van der Waals surface area contributed by atoms with Crippen molar-refractivity contribution in [1.29, 1.82) is 0 Å². The number of carbonyl (C=O) groups is 2. The third-order valence-corrected chi connectivity index (χ3v) is 5.61. The lowest BCUT2D eigenvalue weighted by Gasteiger charge is -2.35. The summed E-state index contributed by atoms with van der Waals surface area (Å²) < 4.78 is 5.38. The molecule has 1 saturated heterocycles. The molecule has 1 aliphatic heterocycles. The Hall–Kier alpha value is -2.66. The standard InChI is InChI=1S/C23H25NO4/c1-15-13-24(14-21(28-15)23(26)27)22(25)8-4-5-16-9-10-18-12-17-6-2-3-7-19(17)20(18)11-16/h2-3,6-7,9-11,15,21H,4-5,8,12-14H2,1H3,(H,26,27)/t15-,21?/m1/s1. The van der Waals surface area contributed by atoms with Gasteiger partial charge in [-0.2, -0.15) is 0 Å². The number of morpholine rings is 1. The quantitative estimate of drug-likeness (QED) is 0.739. The Bertz CT molecular complexity index is 907. The summed E-state index contributed by atoms with van der Waals surface area (Å²) in [7, 11) is 0. The molecule has 2 aliphatic rings. The Balaban J connectivity index is 1.35. The fraction of sp³-hybridized carbons (Fsp3) is 0.391. The number of fused-ring (bicyclic) bond motifs is 3. The number of aryl methyl sites for hydroxylation is 1. The van der Waals surface area contributed by atoms with Crippen molar-refractivity contribution < 1.29 is 19.4 Å². The van der Waals surface area contributed by atoms with E-state index in [1.54, 1.807) is 11.8 Å². The number of ether oxygens (including phenoxy) is 1. The van der Waals surface area contributed by atoms with Gasteiger partial charge in [0.15, 0.2) is 6.10 Å². The van der Waals surface area contributed by atoms with E-state index in [0.717, 1.165) is 19.3 Å². The van der Waals surface area contributed by atoms with Gasteiger partial charge in [0.2, 0.25) is 5.91 Å². The lowest BCUT2D eigenvalue weighted by Crippen LogP contribution is -2.51. The first-order valence-corrected chi connectivity index (χ1v) is 9.87. The Kier molecular flexibility index (Phi) is 5.18. The first-order chi connectivity index (χ1) is 13.5. The van der Waals surface area contributed by atoms with Crippen LogP contribution in [-0.2, 0) is 27.2 Å². The van der Waals surface area contributed by atoms with Crippen LogP contribution in [0.4, 0.5) is 0 Å². The summed E-state index contributed by atoms with van der Waals surface area (Å²) in [4.78, 5) is 25.3. The Morgan fingerprint density at radius 3 is 2.71 bits per heavy atom. The number of carboxylic acids is 1. The van der Waals surface area contributed by atoms with Gasteiger partial charge in [-0.05, 0) is 54.0 Å². The molecule has 2 aromatic carbocycles. The Morgan fingerprint density at radius 2 is 1.89 bits per heavy atom. The number of carboxylic acid groups (broad SMARTS) is 1. The molecule has 1 amide bonds. The maximum atomic E-state index is 12.5. The molecule has 1 aliphatic carbocycles. The third kappa shape index (κ3) is 3.80. The number of amides is 1. The number of benzene rings is 2. The predicted molar refractivity (Wildman–Crippen MR) is 106 cm³/mol. The van der Waals surface area contributed by atoms with Crippen LogP contribution in [0.2, 0.25) is 0 Å². The van der Waals surface area contributed by atoms with Gasteiger partial charge >= 0.3 is 5.97 Å². The van der Waals surface area contributed by atoms with Crippen LogP contribution in [0.25, 0.3) is 11.1 Å². The zero-order valence-electron chi connectivity index (χ0n) is 16.1. The SMILES string of the molecule is C[C@@H]1CN(C(=O)CCCc2ccc3c(c2)-c2ccccc2C3)CC(C(=O)O)O1. The number of hydrogen-bond donors (Lipinski definition) is 1. The van der Waals surface area contributed by atoms with Crippen LogP contribution in [0.3, 0.4) is 0 Å². The van der Waals surface area contributed by atoms with Crippen LogP contribution in [0, 0.1) is 0 Å². The molecule has 0 spiro atoms. The van der Waals surface area contributed by atoms with Gasteiger partial charge in [-0.25, -0.2) is 4.79 Å². The van der Waals surface area contributed by atoms with Crippen molar-refractivity contribution in [3.05, 3.63) is 59.2 Å². The summed E-state index contributed by atoms with van der Waals surface area (Å²) in [6.45, 7) is 2.39. The van der Waals surface area contributed by atoms with Gasteiger partial charge in [0.05, 0.1) is 12.6 Å². The van der Waals surface area contributed by atoms with Gasteiger partial charge in [-0.3, -0.25) is 4.79 Å². The first-order valence-electron chi connectivity index (χ1n) is 9.87. The van der Waals surface area contributed by atoms with E-state index in [-0.39, 0.29) is 18.6 Å². The lowest BCUT2D eigenvalue weighted by atomic mass is 10.00. The summed E-state index contributed by atoms with van der Waals surface area (Å²) in [6, 6.07) is 15.1. The van der Waals surface area contributed by atoms with Crippen molar-refractivity contribution in [1.82, 2.24) is 4.90 Å². The number of nitrogens with zero attached hydrogens (tertiary/aromatic N) is 1. The largest absolute Gasteiger partial charge is 0.479 e. The van der Waals surface area contributed by atoms with Crippen LogP contribution in [0.15, 0.2) is 42.5 Å². The minimum absolute atomic E-state index is 0.00732. The van der Waals surface area contributed by atoms with Gasteiger partial charge in [0, 0.05) is 13.0 Å². The van der Waals surface area contributed by atoms with Gasteiger partial charge in [0.1, 0.15) is 0 Å². The van der Waals surface area contributed by atoms with Crippen LogP contribution in [0.5, 0.6) is 0 Å². The van der Waals surface area contributed by atoms with Crippen molar-refractivity contribution in [2.24, 2.45) is 0 Å². The average molecular weight is 379 g/mol. The number of hydrogen-bond acceptors (Lipinski definition) is 3. The molecule has 0 aromatic heterocycles. The smallest absolute Gasteiger partial charge is 0.334 e. The maximum Gasteiger partial charge on any atom is 0.334 e. The molecule has 0 bridgehead atoms. The molecule has 2 aromatic rings. The average Bonchev–Trinajstić information content (AvgIpc) is 3.05. The molecule has 28 heavy (non-hydrogen) atoms. The molecule has 2 atom stereocenters. The molecule has 1 N–H and O–H groups in total. The molecular weight excluding hydrogens is 354 g/mol. The molecule has 1 unspecified atom stereocenters. The van der Waals surface area contributed by atoms with Gasteiger partial charge < -0.3 is 14.7 Å². The molecule has 5 heteroatoms. The summed E-state index contributed by atoms with van der Waals surface area (Å²) in [6.07, 6.45) is 1.82. The minimum atomic E-state index is -1.01. The number of aliphatic carboxylic acids is 1. The Morgan fingerprint density at radius 1 is 1.11 bits per heavy atom. The van der Waals surface area contributed by atoms with Gasteiger partial charge in [0.25, 0.3) is 0 Å². The van der Waals surface area contributed by atoms with Crippen molar-refractivity contribution >= 4 is 11.9 Å². The van der Waals surface area contributed by atoms with E-state index in [0.29, 0.717) is 13.0 Å². The van der Waals surface area contributed by atoms with Crippen LogP contribution < -0.4 is 0 Å². The highest BCUT2D eigenvalue weighted by Crippen LogP contribution is 2.37. The second-order valence-electron chi connectivity index (χ2n) is 7.75. The minimum Gasteiger partial charge on any atom is -0.479 e. The first kappa shape index (κ1) is 18.7. The van der Waals surface area contributed by atoms with Crippen molar-refractivity contribution in [2.45, 2.75) is 44.8 Å². The van der Waals surface area contributed by atoms with Crippen molar-refractivity contribution in [3.63, 3.8) is 0 Å². The summed E-state index contributed by atoms with van der Waals surface area (Å²) in [5, 5.41) is 9.16. The highest BCUT2D eigenvalue weighted by atomic mass is 16.5. The zero-order chi connectivity index (χ0) is 19.7. The van der Waals surface area contributed by atoms with E-state index < -0.39 is 12.1 Å². The molecule has 146 valence electrons. The summed E-state index contributed by atoms with van der Waals surface area (Å²) in [5.41, 5.74) is 6.60. The second kappa shape index (κ2) is 7.76. The fourth-order valence-electron chi connectivity index (χ4n) is 4.22. The number of rotatable bonds is 5. The third-order valence-electron chi connectivity index (χ3n) is 5.61. The molecule has 1 fully saturated rings.